The molecule has 0 aromatic heterocycles. The van der Waals surface area contributed by atoms with Crippen molar-refractivity contribution in [1.82, 2.24) is 15.1 Å². The van der Waals surface area contributed by atoms with Crippen LogP contribution in [0, 0.1) is 0 Å². The van der Waals surface area contributed by atoms with Gasteiger partial charge in [-0.05, 0) is 6.42 Å². The predicted molar refractivity (Wildman–Crippen MR) is 73.1 cm³/mol. The first-order valence-corrected chi connectivity index (χ1v) is 6.57. The second-order valence-electron chi connectivity index (χ2n) is 4.31. The van der Waals surface area contributed by atoms with Crippen molar-refractivity contribution in [2.24, 2.45) is 5.73 Å². The van der Waals surface area contributed by atoms with Crippen molar-refractivity contribution < 1.29 is 4.79 Å². The molecule has 0 spiro atoms. The van der Waals surface area contributed by atoms with Crippen LogP contribution in [0.1, 0.15) is 19.8 Å². The van der Waals surface area contributed by atoms with Crippen LogP contribution in [-0.4, -0.2) is 60.1 Å². The van der Waals surface area contributed by atoms with Crippen molar-refractivity contribution in [3.63, 3.8) is 0 Å². The van der Waals surface area contributed by atoms with E-state index in [1.807, 2.05) is 4.90 Å². The molecule has 3 N–H and O–H groups in total. The maximum Gasteiger partial charge on any atom is 0.317 e. The van der Waals surface area contributed by atoms with Gasteiger partial charge < -0.3 is 16.0 Å². The lowest BCUT2D eigenvalue weighted by Gasteiger charge is -2.34. The number of nitrogens with one attached hydrogen (secondary N) is 1. The third kappa shape index (κ3) is 5.32. The van der Waals surface area contributed by atoms with Gasteiger partial charge in [0.1, 0.15) is 0 Å². The van der Waals surface area contributed by atoms with Gasteiger partial charge in [0.2, 0.25) is 0 Å². The van der Waals surface area contributed by atoms with E-state index in [-0.39, 0.29) is 6.03 Å². The lowest BCUT2D eigenvalue weighted by molar-refractivity contribution is 0.149. The molecule has 5 nitrogen and oxygen atoms in total. The van der Waals surface area contributed by atoms with Gasteiger partial charge >= 0.3 is 6.03 Å². The number of urea groups is 1. The van der Waals surface area contributed by atoms with E-state index in [0.29, 0.717) is 11.5 Å². The van der Waals surface area contributed by atoms with Gasteiger partial charge in [0.05, 0.1) is 4.99 Å². The summed E-state index contributed by atoms with van der Waals surface area (Å²) in [6.07, 6.45) is 2.13. The Morgan fingerprint density at radius 3 is 2.53 bits per heavy atom. The Morgan fingerprint density at radius 1 is 1.35 bits per heavy atom. The maximum atomic E-state index is 11.7. The van der Waals surface area contributed by atoms with Crippen LogP contribution >= 0.6 is 12.2 Å². The Bertz CT molecular complexity index is 264. The molecule has 0 aliphatic carbocycles. The molecule has 17 heavy (non-hydrogen) atoms. The predicted octanol–water partition coefficient (Wildman–Crippen LogP) is 0.400. The van der Waals surface area contributed by atoms with Gasteiger partial charge in [-0.15, -0.1) is 0 Å². The van der Waals surface area contributed by atoms with Gasteiger partial charge in [0.15, 0.2) is 0 Å². The topological polar surface area (TPSA) is 61.6 Å². The first kappa shape index (κ1) is 14.2. The van der Waals surface area contributed by atoms with E-state index in [1.165, 1.54) is 0 Å². The molecule has 1 heterocycles. The Balaban J connectivity index is 2.21. The Hall–Kier alpha value is -0.880. The van der Waals surface area contributed by atoms with E-state index in [9.17, 15) is 4.79 Å². The summed E-state index contributed by atoms with van der Waals surface area (Å²) in [5.74, 6) is 0. The molecule has 98 valence electrons. The molecule has 0 unspecified atom stereocenters. The van der Waals surface area contributed by atoms with Crippen molar-refractivity contribution in [1.29, 1.82) is 0 Å². The average molecular weight is 258 g/mol. The second-order valence-corrected chi connectivity index (χ2v) is 4.84. The molecule has 0 atom stereocenters. The van der Waals surface area contributed by atoms with Gasteiger partial charge in [-0.2, -0.15) is 0 Å². The number of piperazine rings is 1. The monoisotopic (exact) mass is 258 g/mol. The van der Waals surface area contributed by atoms with Crippen LogP contribution in [0.15, 0.2) is 0 Å². The van der Waals surface area contributed by atoms with Crippen molar-refractivity contribution in [2.75, 3.05) is 39.3 Å². The minimum Gasteiger partial charge on any atom is -0.392 e. The number of carbonyl (C=O) groups excluding carboxylic acids is 1. The summed E-state index contributed by atoms with van der Waals surface area (Å²) in [5, 5.41) is 2.93. The highest BCUT2D eigenvalue weighted by Crippen LogP contribution is 2.01. The zero-order valence-electron chi connectivity index (χ0n) is 10.4. The third-order valence-corrected chi connectivity index (χ3v) is 2.97. The minimum absolute atomic E-state index is 0.0495. The summed E-state index contributed by atoms with van der Waals surface area (Å²) in [7, 11) is 0. The first-order chi connectivity index (χ1) is 8.13. The standard InChI is InChI=1S/C11H22N4OS/c1-2-3-4-13-11(16)15-7-5-14(6-8-15)9-10(12)17/h2-9H2,1H3,(H2,12,17)(H,13,16). The van der Waals surface area contributed by atoms with Crippen LogP contribution in [0.4, 0.5) is 4.79 Å². The summed E-state index contributed by atoms with van der Waals surface area (Å²) >= 11 is 4.87. The van der Waals surface area contributed by atoms with E-state index in [2.05, 4.69) is 17.1 Å². The van der Waals surface area contributed by atoms with E-state index < -0.39 is 0 Å². The fourth-order valence-electron chi connectivity index (χ4n) is 1.81. The highest BCUT2D eigenvalue weighted by molar-refractivity contribution is 7.80. The van der Waals surface area contributed by atoms with Gasteiger partial charge in [-0.3, -0.25) is 4.90 Å². The van der Waals surface area contributed by atoms with Gasteiger partial charge in [-0.1, -0.05) is 25.6 Å². The molecular weight excluding hydrogens is 236 g/mol. The number of amides is 2. The number of rotatable bonds is 5. The zero-order valence-corrected chi connectivity index (χ0v) is 11.3. The molecule has 0 aromatic rings. The van der Waals surface area contributed by atoms with Gasteiger partial charge in [0.25, 0.3) is 0 Å². The summed E-state index contributed by atoms with van der Waals surface area (Å²) in [6.45, 7) is 6.72. The van der Waals surface area contributed by atoms with Gasteiger partial charge in [-0.25, -0.2) is 4.79 Å². The van der Waals surface area contributed by atoms with E-state index >= 15 is 0 Å². The van der Waals surface area contributed by atoms with Crippen LogP contribution < -0.4 is 11.1 Å². The molecule has 0 radical (unpaired) electrons. The number of thiocarbonyl (C=S) groups is 1. The molecule has 1 aliphatic heterocycles. The number of hydrogen-bond acceptors (Lipinski definition) is 3. The molecule has 1 saturated heterocycles. The number of unbranched alkanes of at least 4 members (excludes halogenated alkanes) is 1. The molecule has 2 amide bonds. The van der Waals surface area contributed by atoms with Crippen LogP contribution in [0.25, 0.3) is 0 Å². The SMILES string of the molecule is CCCCNC(=O)N1CCN(CC(N)=S)CC1. The number of nitrogens with two attached hydrogens (primary N) is 1. The molecule has 1 rings (SSSR count). The fourth-order valence-corrected chi connectivity index (χ4v) is 2.00. The zero-order chi connectivity index (χ0) is 12.7. The van der Waals surface area contributed by atoms with Crippen LogP contribution in [-0.2, 0) is 0 Å². The maximum absolute atomic E-state index is 11.7. The molecule has 0 bridgehead atoms. The summed E-state index contributed by atoms with van der Waals surface area (Å²) in [4.78, 5) is 16.3. The molecule has 0 aromatic carbocycles. The van der Waals surface area contributed by atoms with Gasteiger partial charge in [0, 0.05) is 39.3 Å². The average Bonchev–Trinajstić information content (AvgIpc) is 2.29. The molecule has 6 heteroatoms. The Morgan fingerprint density at radius 2 is 2.00 bits per heavy atom. The number of nitrogens with zero attached hydrogens (tertiary/aromatic N) is 2. The molecule has 1 aliphatic rings. The first-order valence-electron chi connectivity index (χ1n) is 6.17. The van der Waals surface area contributed by atoms with Crippen molar-refractivity contribution in [3.05, 3.63) is 0 Å². The highest BCUT2D eigenvalue weighted by Gasteiger charge is 2.20. The smallest absolute Gasteiger partial charge is 0.317 e. The number of carbonyl (C=O) groups is 1. The minimum atomic E-state index is 0.0495. The second kappa shape index (κ2) is 7.45. The lowest BCUT2D eigenvalue weighted by atomic mass is 10.3. The Kier molecular flexibility index (Phi) is 6.21. The molecule has 1 fully saturated rings. The Labute approximate surface area is 108 Å². The highest BCUT2D eigenvalue weighted by atomic mass is 32.1. The van der Waals surface area contributed by atoms with Crippen molar-refractivity contribution in [2.45, 2.75) is 19.8 Å². The third-order valence-electron chi connectivity index (χ3n) is 2.85. The normalized spacial score (nSPS) is 16.9. The fraction of sp³-hybridized carbons (Fsp3) is 0.818. The van der Waals surface area contributed by atoms with E-state index in [0.717, 1.165) is 45.6 Å². The van der Waals surface area contributed by atoms with Crippen LogP contribution in [0.2, 0.25) is 0 Å². The largest absolute Gasteiger partial charge is 0.392 e. The molecular formula is C11H22N4OS. The van der Waals surface area contributed by atoms with Crippen LogP contribution in [0.5, 0.6) is 0 Å². The van der Waals surface area contributed by atoms with E-state index in [1.54, 1.807) is 0 Å². The van der Waals surface area contributed by atoms with E-state index in [4.69, 9.17) is 18.0 Å². The summed E-state index contributed by atoms with van der Waals surface area (Å²) < 4.78 is 0. The molecule has 0 saturated carbocycles. The lowest BCUT2D eigenvalue weighted by Crippen LogP contribution is -2.53. The van der Waals surface area contributed by atoms with Crippen molar-refractivity contribution >= 4 is 23.2 Å². The van der Waals surface area contributed by atoms with Crippen LogP contribution in [0.3, 0.4) is 0 Å². The summed E-state index contributed by atoms with van der Waals surface area (Å²) in [5.41, 5.74) is 5.50. The summed E-state index contributed by atoms with van der Waals surface area (Å²) in [6, 6.07) is 0.0495. The quantitative estimate of drug-likeness (QED) is 0.553. The van der Waals surface area contributed by atoms with Crippen molar-refractivity contribution in [3.8, 4) is 0 Å². The number of hydrogen-bond donors (Lipinski definition) is 2.